The second-order valence-electron chi connectivity index (χ2n) is 3.87. The Hall–Kier alpha value is 0.356. The van der Waals surface area contributed by atoms with E-state index in [9.17, 15) is 4.39 Å². The molecule has 84 valence electrons. The van der Waals surface area contributed by atoms with E-state index in [1.807, 2.05) is 0 Å². The number of rotatable bonds is 2. The molecule has 2 rings (SSSR count). The van der Waals surface area contributed by atoms with Crippen LogP contribution in [0.1, 0.15) is 24.8 Å². The van der Waals surface area contributed by atoms with Crippen molar-refractivity contribution in [3.8, 4) is 0 Å². The maximum absolute atomic E-state index is 12.9. The Kier molecular flexibility index (Phi) is 8.64. The first kappa shape index (κ1) is 16.4. The Morgan fingerprint density at radius 2 is 1.94 bits per heavy atom. The van der Waals surface area contributed by atoms with Crippen molar-refractivity contribution >= 4 is 23.1 Å². The maximum atomic E-state index is 12.9. The van der Waals surface area contributed by atoms with Gasteiger partial charge in [0.2, 0.25) is 0 Å². The van der Waals surface area contributed by atoms with Crippen molar-refractivity contribution in [1.82, 2.24) is 4.90 Å². The van der Waals surface area contributed by atoms with Gasteiger partial charge in [-0.05, 0) is 25.9 Å². The monoisotopic (exact) mass is 295 g/mol. The summed E-state index contributed by atoms with van der Waals surface area (Å²) in [5, 5.41) is 0. The van der Waals surface area contributed by atoms with E-state index in [-0.39, 0.29) is 45.9 Å². The van der Waals surface area contributed by atoms with E-state index in [1.165, 1.54) is 25.3 Å². The minimum Gasteiger partial charge on any atom is -1.00 e. The van der Waals surface area contributed by atoms with Gasteiger partial charge in [-0.1, -0.05) is 6.42 Å². The number of nitrogens with zero attached hydrogens (tertiary/aromatic N) is 1. The van der Waals surface area contributed by atoms with Crippen LogP contribution < -0.4 is 17.0 Å². The topological polar surface area (TPSA) is 3.24 Å². The average molecular weight is 296 g/mol. The van der Waals surface area contributed by atoms with Crippen molar-refractivity contribution in [3.63, 3.8) is 0 Å². The van der Waals surface area contributed by atoms with Crippen LogP contribution >= 0.6 is 0 Å². The molecule has 1 fully saturated rings. The van der Waals surface area contributed by atoms with E-state index in [4.69, 9.17) is 0 Å². The number of piperidine rings is 1. The number of hydrogen-bond donors (Lipinski definition) is 0. The summed E-state index contributed by atoms with van der Waals surface area (Å²) in [5.41, 5.74) is 0.965. The zero-order valence-corrected chi connectivity index (χ0v) is 12.4. The molecule has 0 amide bonds. The minimum atomic E-state index is -0.157. The quantitative estimate of drug-likeness (QED) is 0.512. The Morgan fingerprint density at radius 3 is 2.56 bits per heavy atom. The summed E-state index contributed by atoms with van der Waals surface area (Å²) in [5.74, 6) is -0.157. The Morgan fingerprint density at radius 1 is 1.25 bits per heavy atom. The molecule has 1 aliphatic rings. The van der Waals surface area contributed by atoms with Crippen molar-refractivity contribution in [3.05, 3.63) is 35.6 Å². The second-order valence-corrected chi connectivity index (χ2v) is 3.87. The number of hydrogen-bond acceptors (Lipinski definition) is 1. The zero-order valence-electron chi connectivity index (χ0n) is 9.38. The van der Waals surface area contributed by atoms with E-state index in [2.05, 4.69) is 11.0 Å². The molecule has 4 heteroatoms. The molecule has 1 aliphatic heterocycles. The van der Waals surface area contributed by atoms with Crippen molar-refractivity contribution < 1.29 is 21.4 Å². The zero-order chi connectivity index (χ0) is 9.80. The van der Waals surface area contributed by atoms with Crippen LogP contribution in [-0.2, 0) is 6.54 Å². The van der Waals surface area contributed by atoms with E-state index >= 15 is 0 Å². The molecule has 16 heavy (non-hydrogen) atoms. The first-order valence-corrected chi connectivity index (χ1v) is 5.23. The van der Waals surface area contributed by atoms with Crippen LogP contribution in [0.5, 0.6) is 0 Å². The van der Waals surface area contributed by atoms with Crippen LogP contribution in [0.4, 0.5) is 4.39 Å². The van der Waals surface area contributed by atoms with Crippen LogP contribution in [0.3, 0.4) is 0 Å². The van der Waals surface area contributed by atoms with Gasteiger partial charge in [0.25, 0.3) is 0 Å². The Labute approximate surface area is 123 Å². The van der Waals surface area contributed by atoms with Crippen LogP contribution in [0.2, 0.25) is 0 Å². The molecule has 0 spiro atoms. The molecular formula is C12H15BrFMgN. The summed E-state index contributed by atoms with van der Waals surface area (Å²) in [6, 6.07) is 7.76. The molecule has 1 aromatic carbocycles. The van der Waals surface area contributed by atoms with Gasteiger partial charge < -0.3 is 21.9 Å². The van der Waals surface area contributed by atoms with Crippen LogP contribution in [0.25, 0.3) is 0 Å². The fourth-order valence-electron chi connectivity index (χ4n) is 1.93. The van der Waals surface area contributed by atoms with Gasteiger partial charge in [-0.15, -0.1) is 17.7 Å². The van der Waals surface area contributed by atoms with E-state index < -0.39 is 0 Å². The number of likely N-dealkylation sites (tertiary alicyclic amines) is 1. The standard InChI is InChI=1S/C12H15FN.BrH.Mg/c13-12-6-4-5-11(9-12)10-14-7-2-1-3-8-14;;/h4,6,9H,1-3,7-8,10H2;1H;/q-1;;+2/p-1. The molecule has 1 aromatic rings. The van der Waals surface area contributed by atoms with Gasteiger partial charge in [0.05, 0.1) is 0 Å². The van der Waals surface area contributed by atoms with Gasteiger partial charge in [-0.3, -0.25) is 0 Å². The normalized spacial score (nSPS) is 16.1. The minimum absolute atomic E-state index is 0. The molecule has 0 saturated carbocycles. The van der Waals surface area contributed by atoms with E-state index in [0.29, 0.717) is 0 Å². The van der Waals surface area contributed by atoms with Crippen LogP contribution in [-0.4, -0.2) is 41.0 Å². The number of benzene rings is 1. The molecule has 1 heterocycles. The van der Waals surface area contributed by atoms with Crippen molar-refractivity contribution in [1.29, 1.82) is 0 Å². The molecule has 0 N–H and O–H groups in total. The van der Waals surface area contributed by atoms with Crippen molar-refractivity contribution in [2.45, 2.75) is 25.8 Å². The molecule has 0 radical (unpaired) electrons. The largest absolute Gasteiger partial charge is 2.00 e. The van der Waals surface area contributed by atoms with Gasteiger partial charge in [0.1, 0.15) is 0 Å². The van der Waals surface area contributed by atoms with Crippen molar-refractivity contribution in [2.24, 2.45) is 0 Å². The van der Waals surface area contributed by atoms with E-state index in [0.717, 1.165) is 25.2 Å². The van der Waals surface area contributed by atoms with Crippen molar-refractivity contribution in [2.75, 3.05) is 13.1 Å². The number of halogens is 2. The molecule has 0 atom stereocenters. The molecular weight excluding hydrogens is 281 g/mol. The van der Waals surface area contributed by atoms with Gasteiger partial charge in [0.15, 0.2) is 0 Å². The molecule has 0 aliphatic carbocycles. The molecule has 0 unspecified atom stereocenters. The summed E-state index contributed by atoms with van der Waals surface area (Å²) >= 11 is 0. The molecule has 0 bridgehead atoms. The summed E-state index contributed by atoms with van der Waals surface area (Å²) in [7, 11) is 0. The third-order valence-electron chi connectivity index (χ3n) is 2.67. The van der Waals surface area contributed by atoms with Gasteiger partial charge in [-0.25, -0.2) is 4.39 Å². The summed E-state index contributed by atoms with van der Waals surface area (Å²) in [6.07, 6.45) is 3.88. The third kappa shape index (κ3) is 5.12. The fourth-order valence-corrected chi connectivity index (χ4v) is 1.93. The average Bonchev–Trinajstić information content (AvgIpc) is 2.19. The van der Waals surface area contributed by atoms with Gasteiger partial charge in [0, 0.05) is 12.4 Å². The molecule has 1 nitrogen and oxygen atoms in total. The van der Waals surface area contributed by atoms with Crippen LogP contribution in [0, 0.1) is 11.9 Å². The van der Waals surface area contributed by atoms with Crippen LogP contribution in [0.15, 0.2) is 18.2 Å². The second kappa shape index (κ2) is 8.45. The predicted octanol–water partition coefficient (Wildman–Crippen LogP) is -0.765. The molecule has 0 aromatic heterocycles. The fraction of sp³-hybridized carbons (Fsp3) is 0.500. The SMILES string of the molecule is Fc1cc[c-]c(CN2CCCCC2)c1.[Br-].[Mg+2]. The van der Waals surface area contributed by atoms with Gasteiger partial charge in [-0.2, -0.15) is 12.1 Å². The first-order chi connectivity index (χ1) is 6.84. The Bertz CT molecular complexity index is 303. The summed E-state index contributed by atoms with van der Waals surface area (Å²) in [6.45, 7) is 3.13. The molecule has 1 saturated heterocycles. The van der Waals surface area contributed by atoms with Gasteiger partial charge >= 0.3 is 23.1 Å². The predicted molar refractivity (Wildman–Crippen MR) is 60.1 cm³/mol. The summed E-state index contributed by atoms with van der Waals surface area (Å²) in [4.78, 5) is 2.37. The Balaban J connectivity index is 0.00000112. The smallest absolute Gasteiger partial charge is 1.00 e. The first-order valence-electron chi connectivity index (χ1n) is 5.23. The third-order valence-corrected chi connectivity index (χ3v) is 2.67. The summed E-state index contributed by atoms with van der Waals surface area (Å²) < 4.78 is 12.9. The maximum Gasteiger partial charge on any atom is 2.00 e. The van der Waals surface area contributed by atoms with E-state index in [1.54, 1.807) is 12.1 Å².